The van der Waals surface area contributed by atoms with Crippen molar-refractivity contribution in [3.05, 3.63) is 70.4 Å². The van der Waals surface area contributed by atoms with Crippen molar-refractivity contribution in [3.8, 4) is 0 Å². The fourth-order valence-corrected chi connectivity index (χ4v) is 6.51. The van der Waals surface area contributed by atoms with Crippen LogP contribution >= 0.6 is 19.9 Å². The van der Waals surface area contributed by atoms with Crippen LogP contribution in [0.15, 0.2) is 59.8 Å². The fraction of sp³-hybridized carbons (Fsp3) is 0.333. The summed E-state index contributed by atoms with van der Waals surface area (Å²) in [5.74, 6) is 0.202. The minimum absolute atomic E-state index is 0.0800. The predicted octanol–water partition coefficient (Wildman–Crippen LogP) is 5.29. The second-order valence-electron chi connectivity index (χ2n) is 8.32. The van der Waals surface area contributed by atoms with Gasteiger partial charge in [-0.15, -0.1) is 11.3 Å². The number of allylic oxidation sites excluding steroid dienone is 2. The summed E-state index contributed by atoms with van der Waals surface area (Å²) in [5, 5.41) is 2.21. The molecule has 1 aromatic carbocycles. The van der Waals surface area contributed by atoms with Gasteiger partial charge in [0.05, 0.1) is 21.0 Å². The van der Waals surface area contributed by atoms with Crippen molar-refractivity contribution >= 4 is 41.4 Å². The highest BCUT2D eigenvalue weighted by atomic mass is 32.1. The van der Waals surface area contributed by atoms with Crippen LogP contribution in [0.1, 0.15) is 30.8 Å². The number of amides is 1. The molecule has 1 amide bonds. The SMILES string of the molecule is Cc1nc2ccc(C3=CC(=O)N4C=C(C5=CCN(C(C)C)CC5)C=CC4P3)cc2s1. The number of thiazole rings is 1. The van der Waals surface area contributed by atoms with Crippen LogP contribution in [0.5, 0.6) is 0 Å². The first-order valence-electron chi connectivity index (χ1n) is 10.5. The van der Waals surface area contributed by atoms with Gasteiger partial charge in [0.1, 0.15) is 0 Å². The summed E-state index contributed by atoms with van der Waals surface area (Å²) < 4.78 is 1.19. The van der Waals surface area contributed by atoms with Gasteiger partial charge in [0.25, 0.3) is 5.91 Å². The van der Waals surface area contributed by atoms with E-state index >= 15 is 0 Å². The lowest BCUT2D eigenvalue weighted by Crippen LogP contribution is -2.37. The van der Waals surface area contributed by atoms with Crippen LogP contribution < -0.4 is 0 Å². The highest BCUT2D eigenvalue weighted by Gasteiger charge is 2.29. The van der Waals surface area contributed by atoms with E-state index in [0.29, 0.717) is 14.6 Å². The summed E-state index contributed by atoms with van der Waals surface area (Å²) in [7, 11) is 0.546. The van der Waals surface area contributed by atoms with Gasteiger partial charge in [-0.25, -0.2) is 4.98 Å². The zero-order valence-corrected chi connectivity index (χ0v) is 19.4. The molecule has 2 unspecified atom stereocenters. The molecule has 0 saturated heterocycles. The van der Waals surface area contributed by atoms with E-state index in [1.54, 1.807) is 11.3 Å². The lowest BCUT2D eigenvalue weighted by atomic mass is 9.97. The molecule has 6 heteroatoms. The summed E-state index contributed by atoms with van der Waals surface area (Å²) in [6, 6.07) is 6.93. The summed E-state index contributed by atoms with van der Waals surface area (Å²) >= 11 is 1.71. The van der Waals surface area contributed by atoms with Crippen LogP contribution in [0, 0.1) is 6.92 Å². The van der Waals surface area contributed by atoms with Crippen LogP contribution in [-0.2, 0) is 4.79 Å². The van der Waals surface area contributed by atoms with E-state index in [1.165, 1.54) is 15.8 Å². The first kappa shape index (κ1) is 19.9. The van der Waals surface area contributed by atoms with Crippen LogP contribution in [0.4, 0.5) is 0 Å². The Morgan fingerprint density at radius 3 is 2.93 bits per heavy atom. The molecule has 0 fully saturated rings. The number of fused-ring (bicyclic) bond motifs is 2. The van der Waals surface area contributed by atoms with Gasteiger partial charge in [-0.1, -0.05) is 32.9 Å². The number of nitrogens with zero attached hydrogens (tertiary/aromatic N) is 3. The average Bonchev–Trinajstić information content (AvgIpc) is 3.12. The monoisotopic (exact) mass is 435 g/mol. The Morgan fingerprint density at radius 2 is 2.17 bits per heavy atom. The molecule has 4 heterocycles. The molecule has 0 N–H and O–H groups in total. The van der Waals surface area contributed by atoms with Gasteiger partial charge in [-0.3, -0.25) is 9.69 Å². The summed E-state index contributed by atoms with van der Waals surface area (Å²) in [6.45, 7) is 8.59. The molecule has 0 radical (unpaired) electrons. The standard InChI is InChI=1S/C24H26N3OPS/c1-15(2)26-10-8-17(9-11-26)19-5-7-24-27(14-19)23(28)13-21(29-24)18-4-6-20-22(12-18)30-16(3)25-20/h4-8,12-15,24,29H,9-11H2,1-3H3. The third kappa shape index (κ3) is 3.71. The Hall–Kier alpha value is -2.07. The minimum atomic E-state index is 0.0800. The maximum absolute atomic E-state index is 13.0. The molecule has 0 saturated carbocycles. The second kappa shape index (κ2) is 7.88. The van der Waals surface area contributed by atoms with Gasteiger partial charge >= 0.3 is 0 Å². The minimum Gasteiger partial charge on any atom is -0.304 e. The lowest BCUT2D eigenvalue weighted by Gasteiger charge is -2.35. The number of carbonyl (C=O) groups is 1. The Balaban J connectivity index is 1.38. The van der Waals surface area contributed by atoms with E-state index in [1.807, 2.05) is 17.9 Å². The molecule has 4 nitrogen and oxygen atoms in total. The van der Waals surface area contributed by atoms with E-state index in [-0.39, 0.29) is 11.7 Å². The zero-order valence-electron chi connectivity index (χ0n) is 17.6. The summed E-state index contributed by atoms with van der Waals surface area (Å²) in [6.07, 6.45) is 11.7. The van der Waals surface area contributed by atoms with E-state index in [2.05, 4.69) is 66.4 Å². The molecule has 0 spiro atoms. The average molecular weight is 436 g/mol. The van der Waals surface area contributed by atoms with Gasteiger partial charge in [0.15, 0.2) is 0 Å². The third-order valence-electron chi connectivity index (χ3n) is 6.01. The van der Waals surface area contributed by atoms with Crippen LogP contribution in [0.25, 0.3) is 15.5 Å². The van der Waals surface area contributed by atoms with Gasteiger partial charge in [-0.05, 0) is 61.3 Å². The van der Waals surface area contributed by atoms with E-state index in [4.69, 9.17) is 0 Å². The lowest BCUT2D eigenvalue weighted by molar-refractivity contribution is -0.123. The van der Waals surface area contributed by atoms with E-state index < -0.39 is 0 Å². The number of hydrogen-bond donors (Lipinski definition) is 0. The Bertz CT molecular complexity index is 1140. The largest absolute Gasteiger partial charge is 0.304 e. The summed E-state index contributed by atoms with van der Waals surface area (Å²) in [5.41, 5.74) is 4.73. The molecule has 2 atom stereocenters. The molecule has 30 heavy (non-hydrogen) atoms. The van der Waals surface area contributed by atoms with Gasteiger partial charge in [0.2, 0.25) is 0 Å². The fourth-order valence-electron chi connectivity index (χ4n) is 4.26. The van der Waals surface area contributed by atoms with Crippen molar-refractivity contribution in [2.75, 3.05) is 13.1 Å². The Kier molecular flexibility index (Phi) is 5.22. The zero-order chi connectivity index (χ0) is 20.8. The number of aryl methyl sites for hydroxylation is 1. The van der Waals surface area contributed by atoms with E-state index in [9.17, 15) is 4.79 Å². The first-order valence-corrected chi connectivity index (χ1v) is 12.4. The van der Waals surface area contributed by atoms with Crippen molar-refractivity contribution in [1.82, 2.24) is 14.8 Å². The highest BCUT2D eigenvalue weighted by molar-refractivity contribution is 7.51. The normalized spacial score (nSPS) is 23.1. The summed E-state index contributed by atoms with van der Waals surface area (Å²) in [4.78, 5) is 21.9. The maximum Gasteiger partial charge on any atom is 0.252 e. The van der Waals surface area contributed by atoms with Gasteiger partial charge in [-0.2, -0.15) is 0 Å². The molecular weight excluding hydrogens is 409 g/mol. The third-order valence-corrected chi connectivity index (χ3v) is 8.45. The molecule has 1 aromatic heterocycles. The van der Waals surface area contributed by atoms with Crippen molar-refractivity contribution < 1.29 is 4.79 Å². The quantitative estimate of drug-likeness (QED) is 0.615. The molecule has 0 aliphatic carbocycles. The molecule has 5 rings (SSSR count). The number of aromatic nitrogens is 1. The maximum atomic E-state index is 13.0. The number of benzene rings is 1. The number of rotatable bonds is 3. The number of hydrogen-bond acceptors (Lipinski definition) is 4. The predicted molar refractivity (Wildman–Crippen MR) is 128 cm³/mol. The number of carbonyl (C=O) groups excluding carboxylic acids is 1. The second-order valence-corrected chi connectivity index (χ2v) is 11.0. The molecule has 3 aliphatic rings. The van der Waals surface area contributed by atoms with E-state index in [0.717, 1.165) is 40.9 Å². The topological polar surface area (TPSA) is 36.4 Å². The van der Waals surface area contributed by atoms with Crippen molar-refractivity contribution in [2.45, 2.75) is 39.0 Å². The molecular formula is C24H26N3OPS. The van der Waals surface area contributed by atoms with Crippen molar-refractivity contribution in [3.63, 3.8) is 0 Å². The Morgan fingerprint density at radius 1 is 1.30 bits per heavy atom. The van der Waals surface area contributed by atoms with Crippen molar-refractivity contribution in [2.24, 2.45) is 0 Å². The van der Waals surface area contributed by atoms with Crippen LogP contribution in [0.2, 0.25) is 0 Å². The molecule has 0 bridgehead atoms. The smallest absolute Gasteiger partial charge is 0.252 e. The Labute approximate surface area is 183 Å². The highest BCUT2D eigenvalue weighted by Crippen LogP contribution is 2.45. The molecule has 3 aliphatic heterocycles. The van der Waals surface area contributed by atoms with Crippen molar-refractivity contribution in [1.29, 1.82) is 0 Å². The first-order chi connectivity index (χ1) is 14.5. The van der Waals surface area contributed by atoms with Crippen LogP contribution in [0.3, 0.4) is 0 Å². The van der Waals surface area contributed by atoms with Crippen LogP contribution in [-0.4, -0.2) is 45.6 Å². The van der Waals surface area contributed by atoms with Gasteiger partial charge < -0.3 is 4.90 Å². The van der Waals surface area contributed by atoms with Gasteiger partial charge in [0, 0.05) is 31.4 Å². The molecule has 2 aromatic rings. The molecule has 154 valence electrons.